The van der Waals surface area contributed by atoms with Gasteiger partial charge in [0.25, 0.3) is 0 Å². The molecule has 30 heavy (non-hydrogen) atoms. The van der Waals surface area contributed by atoms with E-state index in [9.17, 15) is 8.78 Å². The molecule has 0 bridgehead atoms. The zero-order chi connectivity index (χ0) is 20.4. The molecule has 0 unspecified atom stereocenters. The maximum atomic E-state index is 14.7. The lowest BCUT2D eigenvalue weighted by atomic mass is 9.93. The zero-order valence-corrected chi connectivity index (χ0v) is 16.1. The molecular weight excluding hydrogens is 392 g/mol. The van der Waals surface area contributed by atoms with Crippen LogP contribution >= 0.6 is 0 Å². The van der Waals surface area contributed by atoms with E-state index in [1.165, 1.54) is 16.8 Å². The maximum absolute atomic E-state index is 14.7. The van der Waals surface area contributed by atoms with Crippen LogP contribution in [0.5, 0.6) is 11.5 Å². The van der Waals surface area contributed by atoms with E-state index in [0.717, 1.165) is 17.0 Å². The van der Waals surface area contributed by atoms with Crippen molar-refractivity contribution in [2.24, 2.45) is 7.05 Å². The van der Waals surface area contributed by atoms with Crippen molar-refractivity contribution in [3.8, 4) is 22.8 Å². The number of pyridine rings is 1. The number of halogens is 2. The van der Waals surface area contributed by atoms with E-state index in [1.54, 1.807) is 19.4 Å². The molecule has 1 atom stereocenters. The van der Waals surface area contributed by atoms with Gasteiger partial charge in [-0.3, -0.25) is 9.08 Å². The number of fused-ring (bicyclic) bond motifs is 3. The summed E-state index contributed by atoms with van der Waals surface area (Å²) in [5.41, 5.74) is 4.22. The molecule has 0 saturated heterocycles. The summed E-state index contributed by atoms with van der Waals surface area (Å²) in [6.07, 6.45) is 2.63. The Morgan fingerprint density at radius 3 is 2.70 bits per heavy atom. The monoisotopic (exact) mass is 409 g/mol. The van der Waals surface area contributed by atoms with E-state index < -0.39 is 5.95 Å². The van der Waals surface area contributed by atoms with Crippen LogP contribution in [-0.2, 0) is 19.9 Å². The molecule has 2 aliphatic rings. The third-order valence-electron chi connectivity index (χ3n) is 5.93. The van der Waals surface area contributed by atoms with E-state index in [2.05, 4.69) is 15.3 Å². The number of benzene rings is 1. The van der Waals surface area contributed by atoms with Crippen LogP contribution in [0.3, 0.4) is 0 Å². The molecule has 0 fully saturated rings. The highest BCUT2D eigenvalue weighted by atomic mass is 19.1. The molecule has 1 aromatic carbocycles. The fourth-order valence-electron chi connectivity index (χ4n) is 4.54. The molecule has 0 amide bonds. The quantitative estimate of drug-likeness (QED) is 0.484. The average molecular weight is 409 g/mol. The fraction of sp³-hybridized carbons (Fsp3) is 0.286. The Morgan fingerprint density at radius 1 is 1.07 bits per heavy atom. The van der Waals surface area contributed by atoms with Crippen LogP contribution in [0.25, 0.3) is 16.9 Å². The van der Waals surface area contributed by atoms with Gasteiger partial charge in [-0.2, -0.15) is 4.39 Å². The lowest BCUT2D eigenvalue weighted by Crippen LogP contribution is -2.13. The third kappa shape index (κ3) is 2.44. The smallest absolute Gasteiger partial charge is 0.233 e. The summed E-state index contributed by atoms with van der Waals surface area (Å²) in [5, 5.41) is 12.1. The van der Waals surface area contributed by atoms with Gasteiger partial charge < -0.3 is 9.47 Å². The Labute approximate surface area is 169 Å². The van der Waals surface area contributed by atoms with Crippen molar-refractivity contribution in [1.29, 1.82) is 0 Å². The maximum Gasteiger partial charge on any atom is 0.233 e. The molecule has 152 valence electrons. The largest absolute Gasteiger partial charge is 0.493 e. The minimum atomic E-state index is -0.573. The first-order chi connectivity index (χ1) is 14.6. The minimum absolute atomic E-state index is 0.0501. The van der Waals surface area contributed by atoms with Gasteiger partial charge >= 0.3 is 0 Å². The molecule has 0 N–H and O–H groups in total. The molecule has 6 rings (SSSR count). The van der Waals surface area contributed by atoms with Gasteiger partial charge in [0.05, 0.1) is 30.5 Å². The molecule has 0 saturated carbocycles. The lowest BCUT2D eigenvalue weighted by Gasteiger charge is -2.16. The van der Waals surface area contributed by atoms with Crippen molar-refractivity contribution in [2.75, 3.05) is 13.2 Å². The van der Waals surface area contributed by atoms with Gasteiger partial charge in [0.15, 0.2) is 5.65 Å². The molecule has 7 nitrogen and oxygen atoms in total. The van der Waals surface area contributed by atoms with Crippen molar-refractivity contribution in [3.63, 3.8) is 0 Å². The highest BCUT2D eigenvalue weighted by Crippen LogP contribution is 2.41. The Kier molecular flexibility index (Phi) is 3.62. The Balaban J connectivity index is 1.53. The predicted molar refractivity (Wildman–Crippen MR) is 103 cm³/mol. The van der Waals surface area contributed by atoms with Gasteiger partial charge in [0.2, 0.25) is 5.95 Å². The van der Waals surface area contributed by atoms with E-state index in [0.29, 0.717) is 54.3 Å². The van der Waals surface area contributed by atoms with Gasteiger partial charge in [-0.1, -0.05) is 0 Å². The Morgan fingerprint density at radius 2 is 1.90 bits per heavy atom. The number of hydrogen-bond donors (Lipinski definition) is 0. The summed E-state index contributed by atoms with van der Waals surface area (Å²) in [4.78, 5) is 0. The Hall–Kier alpha value is -3.49. The highest BCUT2D eigenvalue weighted by Gasteiger charge is 2.31. The number of nitrogens with zero attached hydrogens (tertiary/aromatic N) is 5. The van der Waals surface area contributed by atoms with Crippen molar-refractivity contribution in [2.45, 2.75) is 18.8 Å². The van der Waals surface area contributed by atoms with Crippen molar-refractivity contribution >= 4 is 5.65 Å². The van der Waals surface area contributed by atoms with Crippen LogP contribution in [0.4, 0.5) is 8.78 Å². The first kappa shape index (κ1) is 17.4. The molecule has 9 heteroatoms. The van der Waals surface area contributed by atoms with Gasteiger partial charge in [0, 0.05) is 24.2 Å². The first-order valence-electron chi connectivity index (χ1n) is 9.72. The SMILES string of the molecule is Cn1nc(F)cc1-c1cc2c(n3cnnc13)CCc1c(F)ccc3c1[C@H](CO3)CO2. The molecule has 0 radical (unpaired) electrons. The Bertz CT molecular complexity index is 1310. The van der Waals surface area contributed by atoms with E-state index in [4.69, 9.17) is 9.47 Å². The van der Waals surface area contributed by atoms with Crippen molar-refractivity contribution in [1.82, 2.24) is 24.4 Å². The molecule has 5 heterocycles. The second-order valence-corrected chi connectivity index (χ2v) is 7.63. The molecular formula is C21H17F2N5O2. The molecule has 4 aromatic rings. The molecule has 2 aliphatic heterocycles. The zero-order valence-electron chi connectivity index (χ0n) is 16.1. The summed E-state index contributed by atoms with van der Waals surface area (Å²) < 4.78 is 43.7. The number of aromatic nitrogens is 5. The number of hydrogen-bond acceptors (Lipinski definition) is 5. The summed E-state index contributed by atoms with van der Waals surface area (Å²) in [7, 11) is 1.67. The average Bonchev–Trinajstić information content (AvgIpc) is 3.44. The highest BCUT2D eigenvalue weighted by molar-refractivity contribution is 5.77. The molecule has 3 aromatic heterocycles. The van der Waals surface area contributed by atoms with Crippen LogP contribution < -0.4 is 9.47 Å². The van der Waals surface area contributed by atoms with E-state index in [-0.39, 0.29) is 11.7 Å². The van der Waals surface area contributed by atoms with Gasteiger partial charge in [-0.25, -0.2) is 4.39 Å². The number of ether oxygens (including phenoxy) is 2. The first-order valence-corrected chi connectivity index (χ1v) is 9.72. The van der Waals surface area contributed by atoms with E-state index in [1.807, 2.05) is 10.5 Å². The van der Waals surface area contributed by atoms with Crippen LogP contribution in [0.2, 0.25) is 0 Å². The molecule has 0 spiro atoms. The fourth-order valence-corrected chi connectivity index (χ4v) is 4.54. The number of aryl methyl sites for hydroxylation is 2. The van der Waals surface area contributed by atoms with Crippen LogP contribution in [-0.4, -0.2) is 37.6 Å². The van der Waals surface area contributed by atoms with Crippen molar-refractivity contribution in [3.05, 3.63) is 59.2 Å². The van der Waals surface area contributed by atoms with Crippen LogP contribution in [0.1, 0.15) is 22.7 Å². The normalized spacial score (nSPS) is 17.5. The standard InChI is InChI=1S/C21H17F2N5O2/c1-27-16(7-19(23)26-27)13-6-18-15(28-10-24-25-21(13)28)4-2-12-14(22)3-5-17-20(12)11(8-29-17)9-30-18/h3,5-7,10-11H,2,4,8-9H2,1H3/t11-/m1/s1. The van der Waals surface area contributed by atoms with Crippen molar-refractivity contribution < 1.29 is 18.3 Å². The van der Waals surface area contributed by atoms with Gasteiger partial charge in [-0.05, 0) is 36.6 Å². The second kappa shape index (κ2) is 6.25. The lowest BCUT2D eigenvalue weighted by molar-refractivity contribution is 0.246. The van der Waals surface area contributed by atoms with E-state index >= 15 is 0 Å². The topological polar surface area (TPSA) is 66.5 Å². The summed E-state index contributed by atoms with van der Waals surface area (Å²) in [5.74, 6) is 0.517. The number of rotatable bonds is 1. The summed E-state index contributed by atoms with van der Waals surface area (Å²) in [6, 6.07) is 6.35. The van der Waals surface area contributed by atoms with Gasteiger partial charge in [0.1, 0.15) is 23.6 Å². The van der Waals surface area contributed by atoms with Gasteiger partial charge in [-0.15, -0.1) is 15.3 Å². The second-order valence-electron chi connectivity index (χ2n) is 7.63. The van der Waals surface area contributed by atoms with Crippen LogP contribution in [0, 0.1) is 11.8 Å². The predicted octanol–water partition coefficient (Wildman–Crippen LogP) is 3.06. The summed E-state index contributed by atoms with van der Waals surface area (Å²) >= 11 is 0. The third-order valence-corrected chi connectivity index (χ3v) is 5.93. The van der Waals surface area contributed by atoms with Crippen LogP contribution in [0.15, 0.2) is 30.6 Å². The molecule has 0 aliphatic carbocycles. The minimum Gasteiger partial charge on any atom is -0.493 e. The summed E-state index contributed by atoms with van der Waals surface area (Å²) in [6.45, 7) is 0.805.